The lowest BCUT2D eigenvalue weighted by Gasteiger charge is -2.20. The monoisotopic (exact) mass is 324 g/mol. The molecule has 0 saturated carbocycles. The molecule has 0 bridgehead atoms. The van der Waals surface area contributed by atoms with Gasteiger partial charge in [-0.2, -0.15) is 0 Å². The molecular weight excluding hydrogens is 296 g/mol. The highest BCUT2D eigenvalue weighted by atomic mass is 16.7. The molecule has 130 valence electrons. The van der Waals surface area contributed by atoms with Crippen LogP contribution in [0, 0.1) is 0 Å². The Labute approximate surface area is 138 Å². The van der Waals surface area contributed by atoms with Crippen LogP contribution in [-0.2, 0) is 20.8 Å². The molecule has 5 nitrogen and oxygen atoms in total. The molecule has 0 aliphatic carbocycles. The van der Waals surface area contributed by atoms with Gasteiger partial charge in [0.05, 0.1) is 19.8 Å². The van der Waals surface area contributed by atoms with Gasteiger partial charge >= 0.3 is 0 Å². The van der Waals surface area contributed by atoms with Gasteiger partial charge in [0, 0.05) is 7.11 Å². The van der Waals surface area contributed by atoms with Gasteiger partial charge in [0.15, 0.2) is 6.29 Å². The Morgan fingerprint density at radius 1 is 1.13 bits per heavy atom. The molecule has 0 radical (unpaired) electrons. The maximum absolute atomic E-state index is 10.3. The van der Waals surface area contributed by atoms with Gasteiger partial charge in [0.2, 0.25) is 0 Å². The number of ether oxygens (including phenoxy) is 4. The van der Waals surface area contributed by atoms with E-state index in [1.54, 1.807) is 14.2 Å². The Morgan fingerprint density at radius 3 is 2.48 bits per heavy atom. The van der Waals surface area contributed by atoms with Crippen molar-refractivity contribution in [1.82, 2.24) is 0 Å². The van der Waals surface area contributed by atoms with Crippen molar-refractivity contribution in [3.63, 3.8) is 0 Å². The van der Waals surface area contributed by atoms with Crippen LogP contribution in [0.15, 0.2) is 24.3 Å². The van der Waals surface area contributed by atoms with E-state index in [0.29, 0.717) is 6.61 Å². The van der Waals surface area contributed by atoms with Crippen molar-refractivity contribution >= 4 is 0 Å². The van der Waals surface area contributed by atoms with Crippen LogP contribution >= 0.6 is 0 Å². The molecule has 5 heteroatoms. The minimum Gasteiger partial charge on any atom is -0.497 e. The lowest BCUT2D eigenvalue weighted by atomic mass is 10.0. The summed E-state index contributed by atoms with van der Waals surface area (Å²) in [5, 5.41) is 10.3. The largest absolute Gasteiger partial charge is 0.497 e. The zero-order chi connectivity index (χ0) is 16.7. The van der Waals surface area contributed by atoms with E-state index in [1.807, 2.05) is 24.3 Å². The van der Waals surface area contributed by atoms with Crippen LogP contribution < -0.4 is 4.74 Å². The first-order valence-electron chi connectivity index (χ1n) is 8.30. The van der Waals surface area contributed by atoms with Gasteiger partial charge in [-0.25, -0.2) is 0 Å². The van der Waals surface area contributed by atoms with E-state index in [2.05, 4.69) is 6.92 Å². The predicted octanol–water partition coefficient (Wildman–Crippen LogP) is 2.89. The fraction of sp³-hybridized carbons (Fsp3) is 0.667. The van der Waals surface area contributed by atoms with Crippen molar-refractivity contribution in [2.75, 3.05) is 14.2 Å². The van der Waals surface area contributed by atoms with E-state index in [9.17, 15) is 5.11 Å². The molecule has 1 unspecified atom stereocenters. The van der Waals surface area contributed by atoms with E-state index >= 15 is 0 Å². The van der Waals surface area contributed by atoms with Crippen LogP contribution in [0.1, 0.15) is 38.2 Å². The van der Waals surface area contributed by atoms with Gasteiger partial charge in [-0.1, -0.05) is 38.3 Å². The highest BCUT2D eigenvalue weighted by Gasteiger charge is 2.44. The minimum atomic E-state index is -0.759. The molecule has 1 N–H and O–H groups in total. The van der Waals surface area contributed by atoms with Crippen LogP contribution in [0.25, 0.3) is 0 Å². The molecular formula is C18H28O5. The number of aliphatic hydroxyl groups is 1. The third-order valence-corrected chi connectivity index (χ3v) is 4.22. The normalized spacial score (nSPS) is 27.3. The van der Waals surface area contributed by atoms with Gasteiger partial charge in [0.25, 0.3) is 0 Å². The summed E-state index contributed by atoms with van der Waals surface area (Å²) >= 11 is 0. The van der Waals surface area contributed by atoms with Crippen molar-refractivity contribution in [2.24, 2.45) is 0 Å². The first-order chi connectivity index (χ1) is 11.2. The lowest BCUT2D eigenvalue weighted by molar-refractivity contribution is -0.149. The molecule has 0 aromatic heterocycles. The van der Waals surface area contributed by atoms with Crippen LogP contribution in [-0.4, -0.2) is 43.9 Å². The second-order valence-electron chi connectivity index (χ2n) is 5.89. The Bertz CT molecular complexity index is 447. The molecule has 2 rings (SSSR count). The number of aliphatic hydroxyl groups excluding tert-OH is 1. The fourth-order valence-electron chi connectivity index (χ4n) is 2.85. The van der Waals surface area contributed by atoms with Gasteiger partial charge in [-0.05, 0) is 24.1 Å². The average Bonchev–Trinajstić information content (AvgIpc) is 2.89. The van der Waals surface area contributed by atoms with Crippen LogP contribution in [0.4, 0.5) is 0 Å². The number of methoxy groups -OCH3 is 2. The summed E-state index contributed by atoms with van der Waals surface area (Å²) in [7, 11) is 3.19. The zero-order valence-corrected chi connectivity index (χ0v) is 14.2. The van der Waals surface area contributed by atoms with Crippen LogP contribution in [0.2, 0.25) is 0 Å². The Hall–Kier alpha value is -1.14. The molecule has 1 fully saturated rings. The number of hydrogen-bond acceptors (Lipinski definition) is 5. The van der Waals surface area contributed by atoms with Gasteiger partial charge in [-0.15, -0.1) is 0 Å². The van der Waals surface area contributed by atoms with Gasteiger partial charge < -0.3 is 24.1 Å². The second kappa shape index (κ2) is 9.23. The predicted molar refractivity (Wildman–Crippen MR) is 87.4 cm³/mol. The molecule has 23 heavy (non-hydrogen) atoms. The van der Waals surface area contributed by atoms with Crippen molar-refractivity contribution in [2.45, 2.75) is 63.8 Å². The summed E-state index contributed by atoms with van der Waals surface area (Å²) in [5.74, 6) is 0.815. The summed E-state index contributed by atoms with van der Waals surface area (Å²) in [6.45, 7) is 2.59. The first kappa shape index (κ1) is 18.2. The number of benzene rings is 1. The average molecular weight is 324 g/mol. The Morgan fingerprint density at radius 2 is 1.87 bits per heavy atom. The summed E-state index contributed by atoms with van der Waals surface area (Å²) in [6, 6.07) is 7.72. The molecule has 1 aliphatic rings. The fourth-order valence-corrected chi connectivity index (χ4v) is 2.85. The Kier molecular flexibility index (Phi) is 7.30. The molecule has 1 saturated heterocycles. The highest BCUT2D eigenvalue weighted by Crippen LogP contribution is 2.29. The van der Waals surface area contributed by atoms with Crippen molar-refractivity contribution in [1.29, 1.82) is 0 Å². The van der Waals surface area contributed by atoms with Crippen molar-refractivity contribution in [3.05, 3.63) is 29.8 Å². The maximum Gasteiger partial charge on any atom is 0.186 e. The number of unbranched alkanes of at least 4 members (excludes halogenated alkanes) is 2. The van der Waals surface area contributed by atoms with E-state index in [1.165, 1.54) is 0 Å². The third kappa shape index (κ3) is 4.91. The van der Waals surface area contributed by atoms with Gasteiger partial charge in [0.1, 0.15) is 18.0 Å². The summed E-state index contributed by atoms with van der Waals surface area (Å²) in [4.78, 5) is 0. The third-order valence-electron chi connectivity index (χ3n) is 4.22. The van der Waals surface area contributed by atoms with Crippen LogP contribution in [0.3, 0.4) is 0 Å². The van der Waals surface area contributed by atoms with E-state index < -0.39 is 12.4 Å². The quantitative estimate of drug-likeness (QED) is 0.708. The van der Waals surface area contributed by atoms with Crippen molar-refractivity contribution < 1.29 is 24.1 Å². The lowest BCUT2D eigenvalue weighted by Crippen LogP contribution is -2.35. The van der Waals surface area contributed by atoms with Crippen molar-refractivity contribution in [3.8, 4) is 5.75 Å². The first-order valence-corrected chi connectivity index (χ1v) is 8.30. The van der Waals surface area contributed by atoms with E-state index in [4.69, 9.17) is 18.9 Å². The molecule has 0 spiro atoms. The number of hydrogen-bond donors (Lipinski definition) is 1. The van der Waals surface area contributed by atoms with E-state index in [0.717, 1.165) is 37.0 Å². The minimum absolute atomic E-state index is 0.125. The maximum atomic E-state index is 10.3. The molecule has 1 aromatic carbocycles. The molecule has 1 aromatic rings. The SMILES string of the molecule is CCCCC[C@@H]1OC(OC)[C@H](O)[C@H]1OCc1ccc(OC)cc1. The smallest absolute Gasteiger partial charge is 0.186 e. The summed E-state index contributed by atoms with van der Waals surface area (Å²) in [6.07, 6.45) is 2.38. The van der Waals surface area contributed by atoms with E-state index in [-0.39, 0.29) is 12.2 Å². The second-order valence-corrected chi connectivity index (χ2v) is 5.89. The molecule has 4 atom stereocenters. The Balaban J connectivity index is 1.92. The zero-order valence-electron chi connectivity index (χ0n) is 14.2. The molecule has 0 amide bonds. The highest BCUT2D eigenvalue weighted by molar-refractivity contribution is 5.26. The number of rotatable bonds is 9. The van der Waals surface area contributed by atoms with Crippen LogP contribution in [0.5, 0.6) is 5.75 Å². The topological polar surface area (TPSA) is 57.2 Å². The van der Waals surface area contributed by atoms with Gasteiger partial charge in [-0.3, -0.25) is 0 Å². The molecule has 1 aliphatic heterocycles. The standard InChI is InChI=1S/C18H28O5/c1-4-5-6-7-15-17(16(19)18(21-3)23-15)22-12-13-8-10-14(20-2)11-9-13/h8-11,15-19H,4-7,12H2,1-3H3/t15-,16+,17-,18?/m0/s1. The summed E-state index contributed by atoms with van der Waals surface area (Å²) in [5.41, 5.74) is 1.03. The summed E-state index contributed by atoms with van der Waals surface area (Å²) < 4.78 is 22.1. The molecule has 1 heterocycles.